The Morgan fingerprint density at radius 3 is 2.90 bits per heavy atom. The number of hydrogen-bond donors (Lipinski definition) is 1. The van der Waals surface area contributed by atoms with E-state index in [0.29, 0.717) is 18.9 Å². The lowest BCUT2D eigenvalue weighted by Crippen LogP contribution is -2.28. The molecule has 0 bridgehead atoms. The van der Waals surface area contributed by atoms with Gasteiger partial charge >= 0.3 is 0 Å². The second-order valence-corrected chi connectivity index (χ2v) is 4.23. The SMILES string of the molecule is CNC(=O)CCN(C)c1nc(Cl)nc(-n2cncn2)n1. The maximum atomic E-state index is 11.2. The lowest BCUT2D eigenvalue weighted by molar-refractivity contribution is -0.120. The van der Waals surface area contributed by atoms with E-state index in [1.165, 1.54) is 17.3 Å². The predicted octanol–water partition coefficient (Wildman–Crippen LogP) is -0.322. The van der Waals surface area contributed by atoms with Crippen LogP contribution >= 0.6 is 11.6 Å². The van der Waals surface area contributed by atoms with E-state index in [0.717, 1.165) is 0 Å². The van der Waals surface area contributed by atoms with Gasteiger partial charge < -0.3 is 10.2 Å². The quantitative estimate of drug-likeness (QED) is 0.806. The third-order valence-corrected chi connectivity index (χ3v) is 2.67. The van der Waals surface area contributed by atoms with Gasteiger partial charge in [-0.25, -0.2) is 4.98 Å². The smallest absolute Gasteiger partial charge is 0.258 e. The van der Waals surface area contributed by atoms with Crippen molar-refractivity contribution in [2.24, 2.45) is 0 Å². The highest BCUT2D eigenvalue weighted by Crippen LogP contribution is 2.11. The van der Waals surface area contributed by atoms with Gasteiger partial charge in [0.2, 0.25) is 17.1 Å². The molecule has 0 atom stereocenters. The molecule has 1 amide bonds. The van der Waals surface area contributed by atoms with E-state index in [1.807, 2.05) is 0 Å². The number of hydrogen-bond acceptors (Lipinski definition) is 7. The minimum absolute atomic E-state index is 0.0484. The van der Waals surface area contributed by atoms with Crippen molar-refractivity contribution in [3.8, 4) is 5.95 Å². The van der Waals surface area contributed by atoms with Crippen molar-refractivity contribution in [3.63, 3.8) is 0 Å². The minimum atomic E-state index is -0.0616. The van der Waals surface area contributed by atoms with Crippen LogP contribution in [0.5, 0.6) is 0 Å². The fourth-order valence-electron chi connectivity index (χ4n) is 1.41. The molecule has 0 radical (unpaired) electrons. The lowest BCUT2D eigenvalue weighted by Gasteiger charge is -2.16. The Morgan fingerprint density at radius 2 is 2.25 bits per heavy atom. The summed E-state index contributed by atoms with van der Waals surface area (Å²) >= 11 is 5.87. The first-order valence-electron chi connectivity index (χ1n) is 5.78. The van der Waals surface area contributed by atoms with Crippen LogP contribution in [0.25, 0.3) is 5.95 Å². The first-order chi connectivity index (χ1) is 9.60. The van der Waals surface area contributed by atoms with Crippen LogP contribution < -0.4 is 10.2 Å². The molecule has 0 aliphatic rings. The molecule has 2 heterocycles. The molecule has 2 aromatic rings. The summed E-state index contributed by atoms with van der Waals surface area (Å²) < 4.78 is 1.38. The summed E-state index contributed by atoms with van der Waals surface area (Å²) in [6.07, 6.45) is 3.15. The monoisotopic (exact) mass is 296 g/mol. The highest BCUT2D eigenvalue weighted by molar-refractivity contribution is 6.28. The van der Waals surface area contributed by atoms with Crippen LogP contribution in [0.4, 0.5) is 5.95 Å². The zero-order valence-corrected chi connectivity index (χ0v) is 11.7. The molecule has 0 aliphatic heterocycles. The number of amides is 1. The van der Waals surface area contributed by atoms with Crippen LogP contribution in [0, 0.1) is 0 Å². The van der Waals surface area contributed by atoms with Crippen LogP contribution in [0.2, 0.25) is 5.28 Å². The van der Waals surface area contributed by atoms with E-state index in [2.05, 4.69) is 30.4 Å². The van der Waals surface area contributed by atoms with Gasteiger partial charge in [-0.3, -0.25) is 4.79 Å². The molecule has 2 rings (SSSR count). The van der Waals surface area contributed by atoms with Crippen molar-refractivity contribution < 1.29 is 4.79 Å². The van der Waals surface area contributed by atoms with Crippen molar-refractivity contribution in [3.05, 3.63) is 17.9 Å². The molecule has 0 fully saturated rings. The topological polar surface area (TPSA) is 102 Å². The van der Waals surface area contributed by atoms with Gasteiger partial charge in [0, 0.05) is 27.1 Å². The summed E-state index contributed by atoms with van der Waals surface area (Å²) in [5.74, 6) is 0.567. The molecule has 0 saturated carbocycles. The number of rotatable bonds is 5. The molecule has 0 saturated heterocycles. The molecule has 1 N–H and O–H groups in total. The Kier molecular flexibility index (Phi) is 4.41. The summed E-state index contributed by atoms with van der Waals surface area (Å²) in [4.78, 5) is 29.0. The van der Waals surface area contributed by atoms with E-state index in [-0.39, 0.29) is 17.1 Å². The Hall–Kier alpha value is -2.29. The summed E-state index contributed by atoms with van der Waals surface area (Å²) in [5, 5.41) is 6.53. The lowest BCUT2D eigenvalue weighted by atomic mass is 10.4. The van der Waals surface area contributed by atoms with Gasteiger partial charge in [-0.15, -0.1) is 0 Å². The van der Waals surface area contributed by atoms with Crippen LogP contribution in [0.3, 0.4) is 0 Å². The van der Waals surface area contributed by atoms with Gasteiger partial charge in [-0.05, 0) is 11.6 Å². The highest BCUT2D eigenvalue weighted by Gasteiger charge is 2.12. The maximum Gasteiger partial charge on any atom is 0.258 e. The molecule has 0 aromatic carbocycles. The number of nitrogens with zero attached hydrogens (tertiary/aromatic N) is 7. The first-order valence-corrected chi connectivity index (χ1v) is 6.16. The second kappa shape index (κ2) is 6.24. The van der Waals surface area contributed by atoms with E-state index < -0.39 is 0 Å². The number of anilines is 1. The zero-order chi connectivity index (χ0) is 14.5. The molecule has 2 aromatic heterocycles. The molecule has 106 valence electrons. The Labute approximate surface area is 120 Å². The van der Waals surface area contributed by atoms with Crippen LogP contribution in [-0.2, 0) is 4.79 Å². The largest absolute Gasteiger partial charge is 0.359 e. The highest BCUT2D eigenvalue weighted by atomic mass is 35.5. The molecule has 0 unspecified atom stereocenters. The molecule has 10 heteroatoms. The molecule has 9 nitrogen and oxygen atoms in total. The average Bonchev–Trinajstić information content (AvgIpc) is 2.97. The molecular formula is C10H13ClN8O. The summed E-state index contributed by atoms with van der Waals surface area (Å²) in [6, 6.07) is 0. The van der Waals surface area contributed by atoms with Crippen molar-refractivity contribution >= 4 is 23.5 Å². The van der Waals surface area contributed by atoms with Gasteiger partial charge in [0.05, 0.1) is 0 Å². The Balaban J connectivity index is 2.17. The average molecular weight is 297 g/mol. The zero-order valence-electron chi connectivity index (χ0n) is 11.0. The van der Waals surface area contributed by atoms with Crippen LogP contribution in [0.1, 0.15) is 6.42 Å². The fraction of sp³-hybridized carbons (Fsp3) is 0.400. The predicted molar refractivity (Wildman–Crippen MR) is 71.7 cm³/mol. The third-order valence-electron chi connectivity index (χ3n) is 2.50. The third kappa shape index (κ3) is 3.38. The number of halogens is 1. The van der Waals surface area contributed by atoms with Crippen molar-refractivity contribution in [2.75, 3.05) is 25.5 Å². The Bertz CT molecular complexity index is 587. The normalized spacial score (nSPS) is 10.3. The van der Waals surface area contributed by atoms with E-state index in [9.17, 15) is 4.79 Å². The van der Waals surface area contributed by atoms with Gasteiger partial charge in [0.25, 0.3) is 5.95 Å². The Morgan fingerprint density at radius 1 is 1.45 bits per heavy atom. The van der Waals surface area contributed by atoms with Crippen LogP contribution in [0.15, 0.2) is 12.7 Å². The van der Waals surface area contributed by atoms with Gasteiger partial charge in [0.15, 0.2) is 0 Å². The van der Waals surface area contributed by atoms with Crippen molar-refractivity contribution in [1.82, 2.24) is 35.0 Å². The number of carbonyl (C=O) groups is 1. The molecule has 0 aliphatic carbocycles. The minimum Gasteiger partial charge on any atom is -0.359 e. The van der Waals surface area contributed by atoms with Crippen molar-refractivity contribution in [2.45, 2.75) is 6.42 Å². The van der Waals surface area contributed by atoms with Gasteiger partial charge in [-0.2, -0.15) is 24.7 Å². The second-order valence-electron chi connectivity index (χ2n) is 3.89. The van der Waals surface area contributed by atoms with E-state index in [4.69, 9.17) is 11.6 Å². The van der Waals surface area contributed by atoms with Gasteiger partial charge in [-0.1, -0.05) is 0 Å². The summed E-state index contributed by atoms with van der Waals surface area (Å²) in [6.45, 7) is 0.455. The fourth-order valence-corrected chi connectivity index (χ4v) is 1.56. The first kappa shape index (κ1) is 14.1. The van der Waals surface area contributed by atoms with E-state index >= 15 is 0 Å². The van der Waals surface area contributed by atoms with Crippen LogP contribution in [-0.4, -0.2) is 56.3 Å². The summed E-state index contributed by atoms with van der Waals surface area (Å²) in [7, 11) is 3.35. The number of aromatic nitrogens is 6. The van der Waals surface area contributed by atoms with E-state index in [1.54, 1.807) is 19.0 Å². The summed E-state index contributed by atoms with van der Waals surface area (Å²) in [5.41, 5.74) is 0. The van der Waals surface area contributed by atoms with Gasteiger partial charge in [0.1, 0.15) is 12.7 Å². The molecule has 0 spiro atoms. The number of nitrogens with one attached hydrogen (secondary N) is 1. The maximum absolute atomic E-state index is 11.2. The molecular weight excluding hydrogens is 284 g/mol. The molecule has 20 heavy (non-hydrogen) atoms. The van der Waals surface area contributed by atoms with Crippen molar-refractivity contribution in [1.29, 1.82) is 0 Å². The standard InChI is InChI=1S/C10H13ClN8O/c1-12-7(20)3-4-18(2)9-15-8(11)16-10(17-9)19-6-13-5-14-19/h5-6H,3-4H2,1-2H3,(H,12,20). The number of carbonyl (C=O) groups excluding carboxylic acids is 1.